The van der Waals surface area contributed by atoms with Gasteiger partial charge in [-0.2, -0.15) is 0 Å². The van der Waals surface area contributed by atoms with Crippen LogP contribution in [-0.2, 0) is 4.74 Å². The van der Waals surface area contributed by atoms with Gasteiger partial charge in [0.1, 0.15) is 5.65 Å². The number of aromatic amines is 1. The fraction of sp³-hybridized carbons (Fsp3) is 0.130. The highest BCUT2D eigenvalue weighted by Crippen LogP contribution is 2.18. The Morgan fingerprint density at radius 3 is 2.16 bits per heavy atom. The summed E-state index contributed by atoms with van der Waals surface area (Å²) in [5.74, 6) is -1.54. The summed E-state index contributed by atoms with van der Waals surface area (Å²) in [6, 6.07) is 13.5. The number of aromatic carboxylic acids is 1. The first kappa shape index (κ1) is 20.9. The van der Waals surface area contributed by atoms with Crippen molar-refractivity contribution >= 4 is 23.0 Å². The van der Waals surface area contributed by atoms with Gasteiger partial charge in [-0.25, -0.2) is 14.3 Å². The Morgan fingerprint density at radius 2 is 1.56 bits per heavy atom. The van der Waals surface area contributed by atoms with Crippen molar-refractivity contribution in [2.24, 2.45) is 0 Å². The largest absolute Gasteiger partial charge is 0.478 e. The lowest BCUT2D eigenvalue weighted by Gasteiger charge is -2.09. The lowest BCUT2D eigenvalue weighted by Crippen LogP contribution is -2.19. The fourth-order valence-electron chi connectivity index (χ4n) is 3.53. The van der Waals surface area contributed by atoms with Crippen LogP contribution in [0.2, 0.25) is 0 Å². The molecule has 0 radical (unpaired) electrons. The predicted octanol–water partition coefficient (Wildman–Crippen LogP) is 2.65. The van der Waals surface area contributed by atoms with Crippen molar-refractivity contribution in [3.63, 3.8) is 0 Å². The van der Waals surface area contributed by atoms with Crippen molar-refractivity contribution in [3.8, 4) is 11.4 Å². The fourth-order valence-corrected chi connectivity index (χ4v) is 3.53. The summed E-state index contributed by atoms with van der Waals surface area (Å²) >= 11 is 0. The van der Waals surface area contributed by atoms with E-state index in [2.05, 4.69) is 5.10 Å². The van der Waals surface area contributed by atoms with E-state index in [1.807, 2.05) is 0 Å². The lowest BCUT2D eigenvalue weighted by atomic mass is 10.1. The first-order chi connectivity index (χ1) is 15.3. The van der Waals surface area contributed by atoms with Crippen LogP contribution in [0, 0.1) is 6.92 Å². The van der Waals surface area contributed by atoms with Gasteiger partial charge in [0.2, 0.25) is 0 Å². The maximum absolute atomic E-state index is 13.1. The molecule has 0 bridgehead atoms. The minimum atomic E-state index is -1.07. The Kier molecular flexibility index (Phi) is 5.23. The van der Waals surface area contributed by atoms with Crippen LogP contribution in [0.1, 0.15) is 33.2 Å². The van der Waals surface area contributed by atoms with Crippen LogP contribution in [0.25, 0.3) is 22.4 Å². The molecule has 0 atom stereocenters. The number of benzene rings is 2. The summed E-state index contributed by atoms with van der Waals surface area (Å²) < 4.78 is 7.58. The van der Waals surface area contributed by atoms with E-state index in [0.717, 1.165) is 0 Å². The van der Waals surface area contributed by atoms with Gasteiger partial charge in [-0.3, -0.25) is 19.3 Å². The van der Waals surface area contributed by atoms with Gasteiger partial charge in [-0.15, -0.1) is 0 Å². The number of H-pyrrole nitrogens is 1. The molecule has 2 N–H and O–H groups in total. The Labute approximate surface area is 181 Å². The summed E-state index contributed by atoms with van der Waals surface area (Å²) in [5.41, 5.74) is 1.38. The SMILES string of the molecule is CCOC(=O)c1ccc(-n2c(=O)cc(C)c3c(=O)n(-c4ccc(C(=O)O)cc4)[nH]c32)cc1. The topological polar surface area (TPSA) is 123 Å². The second kappa shape index (κ2) is 8.03. The molecule has 0 spiro atoms. The van der Waals surface area contributed by atoms with E-state index < -0.39 is 11.9 Å². The van der Waals surface area contributed by atoms with Crippen molar-refractivity contribution < 1.29 is 19.4 Å². The van der Waals surface area contributed by atoms with Gasteiger partial charge >= 0.3 is 11.9 Å². The number of esters is 1. The quantitative estimate of drug-likeness (QED) is 0.467. The van der Waals surface area contributed by atoms with Crippen LogP contribution in [0.4, 0.5) is 0 Å². The molecule has 2 aromatic heterocycles. The van der Waals surface area contributed by atoms with Gasteiger partial charge in [-0.05, 0) is 67.9 Å². The molecule has 2 heterocycles. The summed E-state index contributed by atoms with van der Waals surface area (Å²) in [6.45, 7) is 3.64. The third-order valence-electron chi connectivity index (χ3n) is 5.06. The molecule has 0 saturated carbocycles. The van der Waals surface area contributed by atoms with E-state index in [4.69, 9.17) is 9.84 Å². The van der Waals surface area contributed by atoms with Crippen molar-refractivity contribution in [2.75, 3.05) is 6.61 Å². The molecule has 2 aromatic carbocycles. The third-order valence-corrected chi connectivity index (χ3v) is 5.06. The Bertz CT molecular complexity index is 1460. The van der Waals surface area contributed by atoms with Crippen LogP contribution in [0.5, 0.6) is 0 Å². The average Bonchev–Trinajstić information content (AvgIpc) is 3.11. The molecule has 0 unspecified atom stereocenters. The van der Waals surface area contributed by atoms with Crippen LogP contribution in [0.3, 0.4) is 0 Å². The Hall–Kier alpha value is -4.40. The van der Waals surface area contributed by atoms with Crippen LogP contribution in [-0.4, -0.2) is 38.0 Å². The molecule has 9 nitrogen and oxygen atoms in total. The predicted molar refractivity (Wildman–Crippen MR) is 117 cm³/mol. The van der Waals surface area contributed by atoms with Gasteiger partial charge in [0.05, 0.1) is 34.5 Å². The number of carboxylic acid groups (broad SMARTS) is 1. The molecule has 0 aliphatic rings. The number of hydrogen-bond donors (Lipinski definition) is 2. The number of aromatic nitrogens is 3. The zero-order chi connectivity index (χ0) is 23.0. The van der Waals surface area contributed by atoms with Gasteiger partial charge < -0.3 is 9.84 Å². The van der Waals surface area contributed by atoms with E-state index in [-0.39, 0.29) is 28.9 Å². The molecule has 0 aliphatic heterocycles. The number of carbonyl (C=O) groups excluding carboxylic acids is 1. The molecule has 162 valence electrons. The summed E-state index contributed by atoms with van der Waals surface area (Å²) in [7, 11) is 0. The Morgan fingerprint density at radius 1 is 0.969 bits per heavy atom. The number of pyridine rings is 1. The molecule has 0 fully saturated rings. The molecule has 0 saturated heterocycles. The normalized spacial score (nSPS) is 10.9. The smallest absolute Gasteiger partial charge is 0.338 e. The number of fused-ring (bicyclic) bond motifs is 1. The van der Waals surface area contributed by atoms with Gasteiger partial charge in [0.25, 0.3) is 11.1 Å². The van der Waals surface area contributed by atoms with Crippen LogP contribution >= 0.6 is 0 Å². The number of aryl methyl sites for hydroxylation is 1. The second-order valence-corrected chi connectivity index (χ2v) is 7.10. The van der Waals surface area contributed by atoms with Crippen LogP contribution in [0.15, 0.2) is 64.2 Å². The number of carboxylic acids is 1. The summed E-state index contributed by atoms with van der Waals surface area (Å²) in [5, 5.41) is 12.4. The highest BCUT2D eigenvalue weighted by molar-refractivity contribution is 5.90. The number of nitrogens with zero attached hydrogens (tertiary/aromatic N) is 2. The van der Waals surface area contributed by atoms with E-state index in [1.54, 1.807) is 38.1 Å². The minimum absolute atomic E-state index is 0.0905. The zero-order valence-corrected chi connectivity index (χ0v) is 17.3. The second-order valence-electron chi connectivity index (χ2n) is 7.10. The van der Waals surface area contributed by atoms with Crippen molar-refractivity contribution in [3.05, 3.63) is 92.0 Å². The zero-order valence-electron chi connectivity index (χ0n) is 17.3. The maximum Gasteiger partial charge on any atom is 0.338 e. The van der Waals surface area contributed by atoms with Crippen molar-refractivity contribution in [1.29, 1.82) is 0 Å². The number of nitrogens with one attached hydrogen (secondary N) is 1. The van der Waals surface area contributed by atoms with Crippen molar-refractivity contribution in [2.45, 2.75) is 13.8 Å². The minimum Gasteiger partial charge on any atom is -0.478 e. The van der Waals surface area contributed by atoms with Crippen molar-refractivity contribution in [1.82, 2.24) is 14.3 Å². The first-order valence-electron chi connectivity index (χ1n) is 9.80. The van der Waals surface area contributed by atoms with E-state index in [1.165, 1.54) is 39.6 Å². The Balaban J connectivity index is 1.89. The number of hydrogen-bond acceptors (Lipinski definition) is 5. The van der Waals surface area contributed by atoms with Gasteiger partial charge in [0, 0.05) is 6.07 Å². The maximum atomic E-state index is 13.1. The third kappa shape index (κ3) is 3.49. The molecule has 4 aromatic rings. The molecule has 32 heavy (non-hydrogen) atoms. The molecule has 9 heteroatoms. The monoisotopic (exact) mass is 433 g/mol. The molecule has 0 aliphatic carbocycles. The molecular weight excluding hydrogens is 414 g/mol. The number of ether oxygens (including phenoxy) is 1. The standard InChI is InChI=1S/C23H19N3O6/c1-3-32-23(31)15-6-8-16(9-7-15)25-18(27)12-13(2)19-20(25)24-26(21(19)28)17-10-4-14(5-11-17)22(29)30/h4-12,24H,3H2,1-2H3,(H,29,30). The lowest BCUT2D eigenvalue weighted by molar-refractivity contribution is 0.0526. The summed E-state index contributed by atoms with van der Waals surface area (Å²) in [6.07, 6.45) is 0. The summed E-state index contributed by atoms with van der Waals surface area (Å²) in [4.78, 5) is 49.0. The van der Waals surface area contributed by atoms with E-state index in [0.29, 0.717) is 27.9 Å². The van der Waals surface area contributed by atoms with E-state index in [9.17, 15) is 19.2 Å². The highest BCUT2D eigenvalue weighted by atomic mass is 16.5. The number of carbonyl (C=O) groups is 2. The van der Waals surface area contributed by atoms with Crippen LogP contribution < -0.4 is 11.1 Å². The molecule has 4 rings (SSSR count). The molecular formula is C23H19N3O6. The molecule has 0 amide bonds. The first-order valence-corrected chi connectivity index (χ1v) is 9.80. The van der Waals surface area contributed by atoms with Gasteiger partial charge in [0.15, 0.2) is 0 Å². The highest BCUT2D eigenvalue weighted by Gasteiger charge is 2.17. The van der Waals surface area contributed by atoms with E-state index >= 15 is 0 Å². The number of rotatable bonds is 5. The van der Waals surface area contributed by atoms with Gasteiger partial charge in [-0.1, -0.05) is 0 Å². The average molecular weight is 433 g/mol.